The lowest BCUT2D eigenvalue weighted by Crippen LogP contribution is -2.25. The minimum absolute atomic E-state index is 0.0544. The molecule has 2 aromatic heterocycles. The Morgan fingerprint density at radius 2 is 2.16 bits per heavy atom. The van der Waals surface area contributed by atoms with Gasteiger partial charge in [0.25, 0.3) is 0 Å². The molecule has 0 aliphatic heterocycles. The molecule has 0 aromatic carbocycles. The van der Waals surface area contributed by atoms with Gasteiger partial charge in [0.15, 0.2) is 5.82 Å². The summed E-state index contributed by atoms with van der Waals surface area (Å²) in [7, 11) is 0. The molecule has 136 valence electrons. The number of aliphatic hydroxyl groups is 1. The van der Waals surface area contributed by atoms with Crippen LogP contribution in [0.25, 0.3) is 0 Å². The van der Waals surface area contributed by atoms with Crippen LogP contribution in [0.1, 0.15) is 44.5 Å². The van der Waals surface area contributed by atoms with Gasteiger partial charge in [-0.05, 0) is 37.3 Å². The molecule has 0 fully saturated rings. The second kappa shape index (κ2) is 9.22. The molecular formula is C17H26N6O2. The lowest BCUT2D eigenvalue weighted by Gasteiger charge is -2.24. The number of aromatic amines is 1. The predicted octanol–water partition coefficient (Wildman–Crippen LogP) is 1.58. The molecule has 0 radical (unpaired) electrons. The molecule has 0 aliphatic carbocycles. The minimum atomic E-state index is -0.162. The Bertz CT molecular complexity index is 642. The SMILES string of the molecule is CC(=O)[C@@H](CC(C)C)[C@H](Cc1ccc(NCCO)nc1)c1nn[nH]n1. The molecule has 0 unspecified atom stereocenters. The highest BCUT2D eigenvalue weighted by atomic mass is 16.3. The summed E-state index contributed by atoms with van der Waals surface area (Å²) in [6, 6.07) is 3.83. The summed E-state index contributed by atoms with van der Waals surface area (Å²) in [5.41, 5.74) is 0.999. The normalized spacial score (nSPS) is 13.6. The van der Waals surface area contributed by atoms with Crippen LogP contribution < -0.4 is 5.32 Å². The number of pyridine rings is 1. The molecule has 0 spiro atoms. The quantitative estimate of drug-likeness (QED) is 0.598. The van der Waals surface area contributed by atoms with Crippen molar-refractivity contribution in [1.82, 2.24) is 25.6 Å². The van der Waals surface area contributed by atoms with E-state index in [2.05, 4.69) is 44.8 Å². The summed E-state index contributed by atoms with van der Waals surface area (Å²) in [4.78, 5) is 16.6. The molecule has 25 heavy (non-hydrogen) atoms. The zero-order valence-corrected chi connectivity index (χ0v) is 14.9. The van der Waals surface area contributed by atoms with E-state index in [0.29, 0.717) is 30.5 Å². The van der Waals surface area contributed by atoms with E-state index < -0.39 is 0 Å². The summed E-state index contributed by atoms with van der Waals surface area (Å²) in [6.07, 6.45) is 3.17. The van der Waals surface area contributed by atoms with Crippen LogP contribution in [0.2, 0.25) is 0 Å². The van der Waals surface area contributed by atoms with Crippen LogP contribution in [0.4, 0.5) is 5.82 Å². The van der Waals surface area contributed by atoms with Crippen molar-refractivity contribution in [3.63, 3.8) is 0 Å². The number of nitrogens with one attached hydrogen (secondary N) is 2. The molecule has 3 N–H and O–H groups in total. The van der Waals surface area contributed by atoms with Crippen LogP contribution in [0.15, 0.2) is 18.3 Å². The molecule has 2 heterocycles. The van der Waals surface area contributed by atoms with Gasteiger partial charge in [-0.25, -0.2) is 4.98 Å². The van der Waals surface area contributed by atoms with Crippen LogP contribution in [0.5, 0.6) is 0 Å². The number of carbonyl (C=O) groups is 1. The third-order valence-corrected chi connectivity index (χ3v) is 4.12. The third-order valence-electron chi connectivity index (χ3n) is 4.12. The average Bonchev–Trinajstić information content (AvgIpc) is 3.11. The Morgan fingerprint density at radius 1 is 1.36 bits per heavy atom. The van der Waals surface area contributed by atoms with Crippen molar-refractivity contribution in [3.8, 4) is 0 Å². The van der Waals surface area contributed by atoms with Crippen molar-refractivity contribution in [2.24, 2.45) is 11.8 Å². The van der Waals surface area contributed by atoms with E-state index in [1.54, 1.807) is 13.1 Å². The third kappa shape index (κ3) is 5.60. The first-order valence-electron chi connectivity index (χ1n) is 8.54. The van der Waals surface area contributed by atoms with Crippen LogP contribution in [0, 0.1) is 11.8 Å². The summed E-state index contributed by atoms with van der Waals surface area (Å²) in [5, 5.41) is 26.2. The van der Waals surface area contributed by atoms with Crippen molar-refractivity contribution < 1.29 is 9.90 Å². The van der Waals surface area contributed by atoms with Crippen LogP contribution >= 0.6 is 0 Å². The number of carbonyl (C=O) groups excluding carboxylic acids is 1. The zero-order valence-electron chi connectivity index (χ0n) is 14.9. The molecular weight excluding hydrogens is 320 g/mol. The minimum Gasteiger partial charge on any atom is -0.395 e. The monoisotopic (exact) mass is 346 g/mol. The van der Waals surface area contributed by atoms with Gasteiger partial charge in [-0.1, -0.05) is 25.1 Å². The van der Waals surface area contributed by atoms with E-state index in [-0.39, 0.29) is 24.2 Å². The van der Waals surface area contributed by atoms with Gasteiger partial charge >= 0.3 is 0 Å². The van der Waals surface area contributed by atoms with Gasteiger partial charge < -0.3 is 10.4 Å². The number of aromatic nitrogens is 5. The van der Waals surface area contributed by atoms with Gasteiger partial charge in [0.05, 0.1) is 6.61 Å². The van der Waals surface area contributed by atoms with E-state index in [4.69, 9.17) is 5.11 Å². The standard InChI is InChI=1S/C17H26N6O2/c1-11(2)8-14(12(3)25)15(17-20-22-23-21-17)9-13-4-5-16(19-10-13)18-6-7-24/h4-5,10-11,14-15,24H,6-9H2,1-3H3,(H,18,19)(H,20,21,22,23)/t14-,15+/m1/s1. The summed E-state index contributed by atoms with van der Waals surface area (Å²) in [5.74, 6) is 1.49. The van der Waals surface area contributed by atoms with E-state index in [1.807, 2.05) is 12.1 Å². The molecule has 0 amide bonds. The number of nitrogens with zero attached hydrogens (tertiary/aromatic N) is 4. The van der Waals surface area contributed by atoms with Crippen molar-refractivity contribution in [1.29, 1.82) is 0 Å². The number of hydrogen-bond donors (Lipinski definition) is 3. The fraction of sp³-hybridized carbons (Fsp3) is 0.588. The largest absolute Gasteiger partial charge is 0.395 e. The molecule has 0 aliphatic rings. The van der Waals surface area contributed by atoms with E-state index in [0.717, 1.165) is 12.0 Å². The molecule has 2 aromatic rings. The van der Waals surface area contributed by atoms with Crippen molar-refractivity contribution in [2.75, 3.05) is 18.5 Å². The number of aliphatic hydroxyl groups excluding tert-OH is 1. The maximum Gasteiger partial charge on any atom is 0.178 e. The summed E-state index contributed by atoms with van der Waals surface area (Å²) < 4.78 is 0. The molecule has 2 atom stereocenters. The van der Waals surface area contributed by atoms with E-state index >= 15 is 0 Å². The Kier molecular flexibility index (Phi) is 7.00. The van der Waals surface area contributed by atoms with Gasteiger partial charge in [0.2, 0.25) is 0 Å². The number of rotatable bonds is 10. The van der Waals surface area contributed by atoms with Crippen LogP contribution in [-0.4, -0.2) is 49.6 Å². The lowest BCUT2D eigenvalue weighted by atomic mass is 9.79. The predicted molar refractivity (Wildman–Crippen MR) is 94.1 cm³/mol. The smallest absolute Gasteiger partial charge is 0.178 e. The highest BCUT2D eigenvalue weighted by Gasteiger charge is 2.31. The van der Waals surface area contributed by atoms with Gasteiger partial charge in [-0.3, -0.25) is 4.79 Å². The average molecular weight is 346 g/mol. The van der Waals surface area contributed by atoms with E-state index in [9.17, 15) is 4.79 Å². The topological polar surface area (TPSA) is 117 Å². The van der Waals surface area contributed by atoms with Crippen molar-refractivity contribution >= 4 is 11.6 Å². The van der Waals surface area contributed by atoms with Crippen molar-refractivity contribution in [3.05, 3.63) is 29.7 Å². The Labute approximate surface area is 147 Å². The molecule has 2 rings (SSSR count). The number of tetrazole rings is 1. The second-order valence-corrected chi connectivity index (χ2v) is 6.63. The molecule has 0 saturated carbocycles. The van der Waals surface area contributed by atoms with Gasteiger partial charge in [0, 0.05) is 24.6 Å². The zero-order chi connectivity index (χ0) is 18.2. The number of ketones is 1. The first-order chi connectivity index (χ1) is 12.0. The first kappa shape index (κ1) is 19.0. The fourth-order valence-corrected chi connectivity index (χ4v) is 2.95. The molecule has 0 bridgehead atoms. The lowest BCUT2D eigenvalue weighted by molar-refractivity contribution is -0.122. The van der Waals surface area contributed by atoms with Crippen molar-refractivity contribution in [2.45, 2.75) is 39.5 Å². The Morgan fingerprint density at radius 3 is 2.68 bits per heavy atom. The van der Waals surface area contributed by atoms with E-state index in [1.165, 1.54) is 0 Å². The first-order valence-corrected chi connectivity index (χ1v) is 8.54. The fourth-order valence-electron chi connectivity index (χ4n) is 2.95. The number of H-pyrrole nitrogens is 1. The molecule has 8 nitrogen and oxygen atoms in total. The maximum atomic E-state index is 12.2. The molecule has 8 heteroatoms. The van der Waals surface area contributed by atoms with Gasteiger partial charge in [0.1, 0.15) is 11.6 Å². The molecule has 0 saturated heterocycles. The van der Waals surface area contributed by atoms with Crippen LogP contribution in [-0.2, 0) is 11.2 Å². The second-order valence-electron chi connectivity index (χ2n) is 6.63. The maximum absolute atomic E-state index is 12.2. The highest BCUT2D eigenvalue weighted by Crippen LogP contribution is 2.31. The van der Waals surface area contributed by atoms with Gasteiger partial charge in [-0.2, -0.15) is 5.21 Å². The summed E-state index contributed by atoms with van der Waals surface area (Å²) >= 11 is 0. The van der Waals surface area contributed by atoms with Crippen LogP contribution in [0.3, 0.4) is 0 Å². The Balaban J connectivity index is 2.20. The Hall–Kier alpha value is -2.35. The summed E-state index contributed by atoms with van der Waals surface area (Å²) in [6.45, 7) is 6.34. The van der Waals surface area contributed by atoms with Gasteiger partial charge in [-0.15, -0.1) is 10.2 Å². The number of hydrogen-bond acceptors (Lipinski definition) is 7. The number of anilines is 1. The number of Topliss-reactive ketones (excluding diaryl/α,β-unsaturated/α-hetero) is 1. The highest BCUT2D eigenvalue weighted by molar-refractivity contribution is 5.79.